The number of halogens is 1. The molecular formula is C20H31IN4O2S. The lowest BCUT2D eigenvalue weighted by molar-refractivity contribution is -0.124. The van der Waals surface area contributed by atoms with Crippen LogP contribution in [0.1, 0.15) is 38.2 Å². The number of hydrogen-bond acceptors (Lipinski definition) is 4. The molecule has 0 aromatic heterocycles. The summed E-state index contributed by atoms with van der Waals surface area (Å²) in [6, 6.07) is 7.88. The minimum absolute atomic E-state index is 0. The number of amides is 1. The summed E-state index contributed by atoms with van der Waals surface area (Å²) in [6.45, 7) is 4.54. The molecule has 0 saturated carbocycles. The molecule has 2 unspecified atom stereocenters. The van der Waals surface area contributed by atoms with Gasteiger partial charge in [-0.2, -0.15) is 11.8 Å². The van der Waals surface area contributed by atoms with Crippen LogP contribution in [0.25, 0.3) is 0 Å². The van der Waals surface area contributed by atoms with E-state index in [2.05, 4.69) is 27.9 Å². The zero-order valence-electron chi connectivity index (χ0n) is 16.6. The molecule has 0 radical (unpaired) electrons. The number of ether oxygens (including phenoxy) is 1. The Balaban J connectivity index is 0.00000280. The fourth-order valence-corrected chi connectivity index (χ4v) is 4.66. The number of benzene rings is 1. The third-order valence-electron chi connectivity index (χ3n) is 5.03. The van der Waals surface area contributed by atoms with Crippen LogP contribution >= 0.6 is 35.7 Å². The highest BCUT2D eigenvalue weighted by atomic mass is 127. The van der Waals surface area contributed by atoms with Gasteiger partial charge in [-0.25, -0.2) is 0 Å². The van der Waals surface area contributed by atoms with Crippen LogP contribution in [0, 0.1) is 0 Å². The number of hydrogen-bond donors (Lipinski definition) is 3. The smallest absolute Gasteiger partial charge is 0.253 e. The molecular weight excluding hydrogens is 487 g/mol. The second-order valence-corrected chi connectivity index (χ2v) is 9.06. The van der Waals surface area contributed by atoms with Crippen molar-refractivity contribution in [3.63, 3.8) is 0 Å². The molecule has 28 heavy (non-hydrogen) atoms. The lowest BCUT2D eigenvalue weighted by atomic mass is 10.1. The van der Waals surface area contributed by atoms with Crippen LogP contribution in [0.2, 0.25) is 0 Å². The number of nitrogens with zero attached hydrogens (tertiary/aromatic N) is 1. The molecule has 3 N–H and O–H groups in total. The minimum atomic E-state index is -0.315. The van der Waals surface area contributed by atoms with Crippen molar-refractivity contribution in [2.24, 2.45) is 4.99 Å². The van der Waals surface area contributed by atoms with Gasteiger partial charge in [0, 0.05) is 37.2 Å². The molecule has 8 heteroatoms. The number of carbonyl (C=O) groups is 1. The Morgan fingerprint density at radius 3 is 2.89 bits per heavy atom. The fourth-order valence-electron chi connectivity index (χ4n) is 3.42. The van der Waals surface area contributed by atoms with Gasteiger partial charge >= 0.3 is 0 Å². The van der Waals surface area contributed by atoms with E-state index in [1.54, 1.807) is 7.05 Å². The Morgan fingerprint density at radius 1 is 1.36 bits per heavy atom. The van der Waals surface area contributed by atoms with E-state index in [0.717, 1.165) is 36.6 Å². The van der Waals surface area contributed by atoms with E-state index >= 15 is 0 Å². The third kappa shape index (κ3) is 6.81. The molecule has 1 amide bonds. The third-order valence-corrected chi connectivity index (χ3v) is 6.57. The van der Waals surface area contributed by atoms with Crippen molar-refractivity contribution in [3.8, 4) is 0 Å². The standard InChI is InChI=1S/C20H30N4O2S.HI/c1-20(9-5-11-27-20)14-23-19(21-2)22-13-15-6-3-7-16(12-15)24-18(25)17-8-4-10-26-17;/h3,6-7,12,17H,4-5,8-11,13-14H2,1-2H3,(H,24,25)(H2,21,22,23);1H. The van der Waals surface area contributed by atoms with E-state index in [1.807, 2.05) is 36.0 Å². The number of anilines is 1. The highest BCUT2D eigenvalue weighted by Crippen LogP contribution is 2.36. The maximum Gasteiger partial charge on any atom is 0.253 e. The van der Waals surface area contributed by atoms with Crippen LogP contribution in [-0.4, -0.2) is 48.7 Å². The summed E-state index contributed by atoms with van der Waals surface area (Å²) in [7, 11) is 1.79. The molecule has 2 saturated heterocycles. The zero-order chi connectivity index (χ0) is 19.1. The average Bonchev–Trinajstić information content (AvgIpc) is 3.34. The molecule has 1 aromatic carbocycles. The van der Waals surface area contributed by atoms with Crippen LogP contribution in [0.15, 0.2) is 29.3 Å². The Labute approximate surface area is 189 Å². The molecule has 2 fully saturated rings. The molecule has 2 atom stereocenters. The molecule has 156 valence electrons. The van der Waals surface area contributed by atoms with Crippen LogP contribution in [0.3, 0.4) is 0 Å². The maximum atomic E-state index is 12.2. The molecule has 0 aliphatic carbocycles. The van der Waals surface area contributed by atoms with E-state index in [1.165, 1.54) is 18.6 Å². The number of thioether (sulfide) groups is 1. The predicted octanol–water partition coefficient (Wildman–Crippen LogP) is 3.37. The molecule has 3 rings (SSSR count). The number of aliphatic imine (C=N–C) groups is 1. The van der Waals surface area contributed by atoms with E-state index in [9.17, 15) is 4.79 Å². The summed E-state index contributed by atoms with van der Waals surface area (Å²) >= 11 is 2.03. The Bertz CT molecular complexity index is 674. The molecule has 2 aliphatic rings. The van der Waals surface area contributed by atoms with Crippen molar-refractivity contribution in [1.29, 1.82) is 0 Å². The quantitative estimate of drug-likeness (QED) is 0.306. The largest absolute Gasteiger partial charge is 0.368 e. The number of guanidine groups is 1. The SMILES string of the molecule is CN=C(NCc1cccc(NC(=O)C2CCCO2)c1)NCC1(C)CCCS1.I. The lowest BCUT2D eigenvalue weighted by Crippen LogP contribution is -2.43. The van der Waals surface area contributed by atoms with Gasteiger partial charge in [0.1, 0.15) is 6.10 Å². The maximum absolute atomic E-state index is 12.2. The first-order valence-electron chi connectivity index (χ1n) is 9.68. The first-order valence-corrected chi connectivity index (χ1v) is 10.7. The van der Waals surface area contributed by atoms with Gasteiger partial charge in [-0.05, 0) is 56.1 Å². The monoisotopic (exact) mass is 518 g/mol. The summed E-state index contributed by atoms with van der Waals surface area (Å²) in [5.41, 5.74) is 1.89. The Morgan fingerprint density at radius 2 is 2.21 bits per heavy atom. The summed E-state index contributed by atoms with van der Waals surface area (Å²) < 4.78 is 5.73. The molecule has 2 aliphatic heterocycles. The first kappa shape index (κ1) is 23.3. The molecule has 0 spiro atoms. The lowest BCUT2D eigenvalue weighted by Gasteiger charge is -2.24. The predicted molar refractivity (Wildman–Crippen MR) is 128 cm³/mol. The normalized spacial score (nSPS) is 24.5. The Kier molecular flexibility index (Phi) is 9.36. The summed E-state index contributed by atoms with van der Waals surface area (Å²) in [5, 5.41) is 9.75. The highest BCUT2D eigenvalue weighted by molar-refractivity contribution is 14.0. The van der Waals surface area contributed by atoms with E-state index in [0.29, 0.717) is 17.9 Å². The van der Waals surface area contributed by atoms with Crippen molar-refractivity contribution < 1.29 is 9.53 Å². The first-order chi connectivity index (χ1) is 13.1. The van der Waals surface area contributed by atoms with E-state index in [-0.39, 0.29) is 36.0 Å². The highest BCUT2D eigenvalue weighted by Gasteiger charge is 2.29. The van der Waals surface area contributed by atoms with Crippen LogP contribution in [0.5, 0.6) is 0 Å². The van der Waals surface area contributed by atoms with Gasteiger partial charge in [-0.3, -0.25) is 9.79 Å². The number of rotatable bonds is 6. The number of carbonyl (C=O) groups excluding carboxylic acids is 1. The number of nitrogens with one attached hydrogen (secondary N) is 3. The topological polar surface area (TPSA) is 74.8 Å². The van der Waals surface area contributed by atoms with Gasteiger partial charge in [-0.15, -0.1) is 24.0 Å². The molecule has 6 nitrogen and oxygen atoms in total. The second kappa shape index (κ2) is 11.3. The van der Waals surface area contributed by atoms with E-state index in [4.69, 9.17) is 4.74 Å². The van der Waals surface area contributed by atoms with Gasteiger partial charge in [0.2, 0.25) is 0 Å². The van der Waals surface area contributed by atoms with Crippen LogP contribution < -0.4 is 16.0 Å². The fraction of sp³-hybridized carbons (Fsp3) is 0.600. The second-order valence-electron chi connectivity index (χ2n) is 7.37. The van der Waals surface area contributed by atoms with Gasteiger partial charge in [-0.1, -0.05) is 12.1 Å². The van der Waals surface area contributed by atoms with Crippen molar-refractivity contribution in [3.05, 3.63) is 29.8 Å². The van der Waals surface area contributed by atoms with Crippen LogP contribution in [-0.2, 0) is 16.1 Å². The van der Waals surface area contributed by atoms with E-state index < -0.39 is 0 Å². The van der Waals surface area contributed by atoms with Crippen molar-refractivity contribution in [2.75, 3.05) is 31.3 Å². The van der Waals surface area contributed by atoms with Crippen molar-refractivity contribution in [1.82, 2.24) is 10.6 Å². The summed E-state index contributed by atoms with van der Waals surface area (Å²) in [6.07, 6.45) is 3.97. The van der Waals surface area contributed by atoms with Gasteiger partial charge in [0.05, 0.1) is 0 Å². The zero-order valence-corrected chi connectivity index (χ0v) is 19.8. The summed E-state index contributed by atoms with van der Waals surface area (Å²) in [5.74, 6) is 1.99. The van der Waals surface area contributed by atoms with Gasteiger partial charge in [0.15, 0.2) is 5.96 Å². The van der Waals surface area contributed by atoms with Crippen LogP contribution in [0.4, 0.5) is 5.69 Å². The Hall–Kier alpha value is -1.00. The van der Waals surface area contributed by atoms with Crippen molar-refractivity contribution >= 4 is 53.3 Å². The van der Waals surface area contributed by atoms with Crippen molar-refractivity contribution in [2.45, 2.75) is 50.0 Å². The average molecular weight is 518 g/mol. The molecule has 0 bridgehead atoms. The molecule has 1 aromatic rings. The van der Waals surface area contributed by atoms with Gasteiger partial charge in [0.25, 0.3) is 5.91 Å². The van der Waals surface area contributed by atoms with Gasteiger partial charge < -0.3 is 20.7 Å². The minimum Gasteiger partial charge on any atom is -0.368 e. The molecule has 2 heterocycles. The summed E-state index contributed by atoms with van der Waals surface area (Å²) in [4.78, 5) is 16.5.